The van der Waals surface area contributed by atoms with E-state index < -0.39 is 0 Å². The first kappa shape index (κ1) is 20.3. The fourth-order valence-corrected chi connectivity index (χ4v) is 4.02. The van der Waals surface area contributed by atoms with E-state index in [9.17, 15) is 4.79 Å². The van der Waals surface area contributed by atoms with Gasteiger partial charge < -0.3 is 15.0 Å². The Labute approximate surface area is 181 Å². The average molecular weight is 425 g/mol. The highest BCUT2D eigenvalue weighted by atomic mass is 35.5. The van der Waals surface area contributed by atoms with Gasteiger partial charge in [0.05, 0.1) is 19.2 Å². The molecule has 30 heavy (non-hydrogen) atoms. The average Bonchev–Trinajstić information content (AvgIpc) is 3.24. The SMILES string of the molecule is COc1ccc(-c2cc(N3CCC[C@@H](NC(=O)Cc4cccc(Cl)c4)C3)n[nH]2)cc1. The molecule has 7 heteroatoms. The Morgan fingerprint density at radius 1 is 1.27 bits per heavy atom. The second kappa shape index (κ2) is 9.22. The van der Waals surface area contributed by atoms with E-state index in [1.165, 1.54) is 0 Å². The van der Waals surface area contributed by atoms with Crippen molar-refractivity contribution in [1.29, 1.82) is 0 Å². The Kier molecular flexibility index (Phi) is 6.23. The van der Waals surface area contributed by atoms with E-state index >= 15 is 0 Å². The molecule has 1 aliphatic rings. The molecular formula is C23H25ClN4O2. The summed E-state index contributed by atoms with van der Waals surface area (Å²) in [6, 6.07) is 17.5. The molecule has 1 saturated heterocycles. The third kappa shape index (κ3) is 4.94. The number of ether oxygens (including phenoxy) is 1. The van der Waals surface area contributed by atoms with Crippen LogP contribution in [0.4, 0.5) is 5.82 Å². The van der Waals surface area contributed by atoms with Crippen LogP contribution in [0.5, 0.6) is 5.75 Å². The minimum absolute atomic E-state index is 0.0186. The first-order chi connectivity index (χ1) is 14.6. The van der Waals surface area contributed by atoms with Crippen molar-refractivity contribution in [3.8, 4) is 17.0 Å². The number of piperidine rings is 1. The maximum atomic E-state index is 12.5. The Balaban J connectivity index is 1.36. The minimum Gasteiger partial charge on any atom is -0.497 e. The van der Waals surface area contributed by atoms with Gasteiger partial charge in [-0.3, -0.25) is 9.89 Å². The molecule has 1 amide bonds. The number of nitrogens with zero attached hydrogens (tertiary/aromatic N) is 2. The number of nitrogens with one attached hydrogen (secondary N) is 2. The number of benzene rings is 2. The number of rotatable bonds is 6. The largest absolute Gasteiger partial charge is 0.497 e. The van der Waals surface area contributed by atoms with Gasteiger partial charge in [0.2, 0.25) is 5.91 Å². The second-order valence-electron chi connectivity index (χ2n) is 7.53. The molecule has 2 aromatic carbocycles. The van der Waals surface area contributed by atoms with Crippen molar-refractivity contribution >= 4 is 23.3 Å². The zero-order valence-corrected chi connectivity index (χ0v) is 17.7. The van der Waals surface area contributed by atoms with Crippen LogP contribution in [-0.2, 0) is 11.2 Å². The third-order valence-corrected chi connectivity index (χ3v) is 5.56. The van der Waals surface area contributed by atoms with Gasteiger partial charge in [0.25, 0.3) is 0 Å². The standard InChI is InChI=1S/C23H25ClN4O2/c1-30-20-9-7-17(8-10-20)21-14-22(27-26-21)28-11-3-6-19(15-28)25-23(29)13-16-4-2-5-18(24)12-16/h2,4-5,7-10,12,14,19H,3,6,11,13,15H2,1H3,(H,25,29)(H,26,27)/t19-/m1/s1. The summed E-state index contributed by atoms with van der Waals surface area (Å²) in [5.41, 5.74) is 2.93. The maximum Gasteiger partial charge on any atom is 0.224 e. The first-order valence-corrected chi connectivity index (χ1v) is 10.5. The predicted octanol–water partition coefficient (Wildman–Crippen LogP) is 4.07. The van der Waals surface area contributed by atoms with Crippen LogP contribution in [0, 0.1) is 0 Å². The van der Waals surface area contributed by atoms with Crippen LogP contribution in [0.15, 0.2) is 54.6 Å². The van der Waals surface area contributed by atoms with Gasteiger partial charge in [-0.15, -0.1) is 0 Å². The highest BCUT2D eigenvalue weighted by Gasteiger charge is 2.23. The molecule has 0 saturated carbocycles. The molecule has 6 nitrogen and oxygen atoms in total. The molecule has 3 aromatic rings. The monoisotopic (exact) mass is 424 g/mol. The van der Waals surface area contributed by atoms with Crippen LogP contribution in [0.25, 0.3) is 11.3 Å². The van der Waals surface area contributed by atoms with Crippen molar-refractivity contribution in [2.75, 3.05) is 25.1 Å². The summed E-state index contributed by atoms with van der Waals surface area (Å²) in [5.74, 6) is 1.74. The van der Waals surface area contributed by atoms with Gasteiger partial charge in [-0.2, -0.15) is 5.10 Å². The van der Waals surface area contributed by atoms with Crippen molar-refractivity contribution in [2.24, 2.45) is 0 Å². The number of carbonyl (C=O) groups is 1. The molecule has 0 spiro atoms. The van der Waals surface area contributed by atoms with Crippen molar-refractivity contribution in [3.63, 3.8) is 0 Å². The van der Waals surface area contributed by atoms with E-state index in [2.05, 4.69) is 26.5 Å². The number of aromatic nitrogens is 2. The van der Waals surface area contributed by atoms with E-state index in [0.29, 0.717) is 11.4 Å². The number of hydrogen-bond acceptors (Lipinski definition) is 4. The van der Waals surface area contributed by atoms with Gasteiger partial charge in [0, 0.05) is 30.2 Å². The quantitative estimate of drug-likeness (QED) is 0.625. The van der Waals surface area contributed by atoms with E-state index in [-0.39, 0.29) is 11.9 Å². The normalized spacial score (nSPS) is 16.3. The number of amides is 1. The van der Waals surface area contributed by atoms with Gasteiger partial charge in [0.15, 0.2) is 5.82 Å². The van der Waals surface area contributed by atoms with Gasteiger partial charge in [-0.05, 0) is 60.4 Å². The number of aromatic amines is 1. The van der Waals surface area contributed by atoms with E-state index in [1.54, 1.807) is 7.11 Å². The smallest absolute Gasteiger partial charge is 0.224 e. The van der Waals surface area contributed by atoms with E-state index in [1.807, 2.05) is 48.5 Å². The molecule has 156 valence electrons. The molecule has 0 bridgehead atoms. The summed E-state index contributed by atoms with van der Waals surface area (Å²) in [4.78, 5) is 14.7. The lowest BCUT2D eigenvalue weighted by atomic mass is 10.0. The number of anilines is 1. The third-order valence-electron chi connectivity index (χ3n) is 5.33. The van der Waals surface area contributed by atoms with Crippen LogP contribution in [0.2, 0.25) is 5.02 Å². The fourth-order valence-electron chi connectivity index (χ4n) is 3.81. The molecule has 1 aliphatic heterocycles. The molecule has 0 unspecified atom stereocenters. The van der Waals surface area contributed by atoms with Crippen LogP contribution >= 0.6 is 11.6 Å². The highest BCUT2D eigenvalue weighted by molar-refractivity contribution is 6.30. The first-order valence-electron chi connectivity index (χ1n) is 10.1. The van der Waals surface area contributed by atoms with Crippen molar-refractivity contribution in [3.05, 3.63) is 65.2 Å². The molecule has 0 aliphatic carbocycles. The van der Waals surface area contributed by atoms with Crippen LogP contribution in [-0.4, -0.2) is 42.3 Å². The number of H-pyrrole nitrogens is 1. The molecule has 1 aromatic heterocycles. The van der Waals surface area contributed by atoms with E-state index in [0.717, 1.165) is 54.3 Å². The van der Waals surface area contributed by atoms with Crippen LogP contribution < -0.4 is 15.0 Å². The number of halogens is 1. The van der Waals surface area contributed by atoms with Gasteiger partial charge in [-0.25, -0.2) is 0 Å². The molecule has 2 N–H and O–H groups in total. The van der Waals surface area contributed by atoms with Crippen LogP contribution in [0.1, 0.15) is 18.4 Å². The molecule has 1 atom stereocenters. The van der Waals surface area contributed by atoms with Crippen molar-refractivity contribution in [1.82, 2.24) is 15.5 Å². The topological polar surface area (TPSA) is 70.2 Å². The van der Waals surface area contributed by atoms with E-state index in [4.69, 9.17) is 16.3 Å². The summed E-state index contributed by atoms with van der Waals surface area (Å²) >= 11 is 6.01. The second-order valence-corrected chi connectivity index (χ2v) is 7.96. The summed E-state index contributed by atoms with van der Waals surface area (Å²) in [7, 11) is 1.66. The Morgan fingerprint density at radius 3 is 2.87 bits per heavy atom. The summed E-state index contributed by atoms with van der Waals surface area (Å²) in [5, 5.41) is 11.4. The highest BCUT2D eigenvalue weighted by Crippen LogP contribution is 2.25. The Morgan fingerprint density at radius 2 is 2.10 bits per heavy atom. The number of hydrogen-bond donors (Lipinski definition) is 2. The predicted molar refractivity (Wildman–Crippen MR) is 119 cm³/mol. The van der Waals surface area contributed by atoms with Gasteiger partial charge in [0.1, 0.15) is 5.75 Å². The molecular weight excluding hydrogens is 400 g/mol. The van der Waals surface area contributed by atoms with Crippen molar-refractivity contribution < 1.29 is 9.53 Å². The summed E-state index contributed by atoms with van der Waals surface area (Å²) in [6.07, 6.45) is 2.31. The molecule has 4 rings (SSSR count). The maximum absolute atomic E-state index is 12.5. The summed E-state index contributed by atoms with van der Waals surface area (Å²) in [6.45, 7) is 1.67. The molecule has 0 radical (unpaired) electrons. The Bertz CT molecular complexity index is 1000. The van der Waals surface area contributed by atoms with Gasteiger partial charge >= 0.3 is 0 Å². The lowest BCUT2D eigenvalue weighted by Crippen LogP contribution is -2.48. The molecule has 2 heterocycles. The fraction of sp³-hybridized carbons (Fsp3) is 0.304. The number of carbonyl (C=O) groups excluding carboxylic acids is 1. The Hall–Kier alpha value is -2.99. The zero-order chi connectivity index (χ0) is 20.9. The summed E-state index contributed by atoms with van der Waals surface area (Å²) < 4.78 is 5.22. The zero-order valence-electron chi connectivity index (χ0n) is 16.9. The van der Waals surface area contributed by atoms with Gasteiger partial charge in [-0.1, -0.05) is 23.7 Å². The van der Waals surface area contributed by atoms with Crippen LogP contribution in [0.3, 0.4) is 0 Å². The molecule has 1 fully saturated rings. The lowest BCUT2D eigenvalue weighted by Gasteiger charge is -2.33. The number of methoxy groups -OCH3 is 1. The van der Waals surface area contributed by atoms with Crippen molar-refractivity contribution in [2.45, 2.75) is 25.3 Å². The lowest BCUT2D eigenvalue weighted by molar-refractivity contribution is -0.121. The minimum atomic E-state index is 0.0186.